The summed E-state index contributed by atoms with van der Waals surface area (Å²) in [4.78, 5) is 18.1. The molecule has 0 unspecified atom stereocenters. The Bertz CT molecular complexity index is 647. The number of carboxylic acids is 1. The molecule has 0 aliphatic heterocycles. The molecule has 104 valence electrons. The summed E-state index contributed by atoms with van der Waals surface area (Å²) in [7, 11) is 0. The topological polar surface area (TPSA) is 63.1 Å². The summed E-state index contributed by atoms with van der Waals surface area (Å²) in [6.45, 7) is 0. The van der Waals surface area contributed by atoms with Crippen LogP contribution in [0.3, 0.4) is 0 Å². The molecule has 0 aliphatic carbocycles. The molecular formula is C13H9F3N2O2. The number of aromatic carboxylic acids is 1. The van der Waals surface area contributed by atoms with Gasteiger partial charge in [-0.25, -0.2) is 27.9 Å². The van der Waals surface area contributed by atoms with Gasteiger partial charge in [-0.05, 0) is 17.7 Å². The van der Waals surface area contributed by atoms with Gasteiger partial charge in [0.1, 0.15) is 22.9 Å². The molecule has 0 radical (unpaired) electrons. The number of hydrogen-bond acceptors (Lipinski definition) is 3. The summed E-state index contributed by atoms with van der Waals surface area (Å²) in [5, 5.41) is 8.77. The van der Waals surface area contributed by atoms with Crippen molar-refractivity contribution < 1.29 is 23.1 Å². The highest BCUT2D eigenvalue weighted by Gasteiger charge is 2.21. The van der Waals surface area contributed by atoms with E-state index in [0.717, 1.165) is 6.20 Å². The Morgan fingerprint density at radius 1 is 1.35 bits per heavy atom. The van der Waals surface area contributed by atoms with Crippen LogP contribution in [0.2, 0.25) is 0 Å². The van der Waals surface area contributed by atoms with E-state index >= 15 is 0 Å². The predicted octanol–water partition coefficient (Wildman–Crippen LogP) is 2.84. The van der Waals surface area contributed by atoms with Crippen LogP contribution in [0.25, 0.3) is 0 Å². The molecule has 0 spiro atoms. The third-order valence-electron chi connectivity index (χ3n) is 2.56. The Kier molecular flexibility index (Phi) is 3.97. The van der Waals surface area contributed by atoms with Gasteiger partial charge in [0.2, 0.25) is 0 Å². The molecule has 0 aliphatic rings. The quantitative estimate of drug-likeness (QED) is 0.936. The maximum Gasteiger partial charge on any atom is 0.339 e. The lowest BCUT2D eigenvalue weighted by molar-refractivity contribution is 0.0681. The minimum absolute atomic E-state index is 0.0101. The number of aromatic nitrogens is 2. The van der Waals surface area contributed by atoms with Gasteiger partial charge in [-0.2, -0.15) is 0 Å². The number of carboxylic acid groups (broad SMARTS) is 1. The fourth-order valence-electron chi connectivity index (χ4n) is 1.68. The second-order valence-electron chi connectivity index (χ2n) is 4.00. The molecule has 1 heterocycles. The van der Waals surface area contributed by atoms with Crippen molar-refractivity contribution in [3.8, 4) is 0 Å². The maximum atomic E-state index is 13.0. The Labute approximate surface area is 111 Å². The molecule has 1 N–H and O–H groups in total. The average molecular weight is 282 g/mol. The van der Waals surface area contributed by atoms with E-state index in [1.807, 2.05) is 0 Å². The minimum atomic E-state index is -3.02. The highest BCUT2D eigenvalue weighted by Crippen LogP contribution is 2.21. The van der Waals surface area contributed by atoms with Gasteiger partial charge in [-0.1, -0.05) is 12.1 Å². The third-order valence-corrected chi connectivity index (χ3v) is 2.56. The van der Waals surface area contributed by atoms with Crippen molar-refractivity contribution in [2.24, 2.45) is 0 Å². The smallest absolute Gasteiger partial charge is 0.339 e. The molecule has 2 rings (SSSR count). The first-order valence-corrected chi connectivity index (χ1v) is 5.59. The number of hydrogen-bond donors (Lipinski definition) is 1. The fourth-order valence-corrected chi connectivity index (χ4v) is 1.68. The lowest BCUT2D eigenvalue weighted by atomic mass is 10.1. The number of halogens is 3. The Morgan fingerprint density at radius 2 is 2.10 bits per heavy atom. The van der Waals surface area contributed by atoms with Crippen molar-refractivity contribution in [2.75, 3.05) is 0 Å². The molecule has 0 saturated heterocycles. The van der Waals surface area contributed by atoms with E-state index in [-0.39, 0.29) is 12.2 Å². The molecule has 1 aromatic carbocycles. The summed E-state index contributed by atoms with van der Waals surface area (Å²) in [6.07, 6.45) is -2.14. The van der Waals surface area contributed by atoms with Gasteiger partial charge in [0.25, 0.3) is 6.43 Å². The average Bonchev–Trinajstić information content (AvgIpc) is 2.38. The first-order chi connectivity index (χ1) is 9.47. The van der Waals surface area contributed by atoms with Crippen molar-refractivity contribution in [2.45, 2.75) is 12.8 Å². The predicted molar refractivity (Wildman–Crippen MR) is 63.2 cm³/mol. The van der Waals surface area contributed by atoms with Gasteiger partial charge >= 0.3 is 5.97 Å². The van der Waals surface area contributed by atoms with Gasteiger partial charge in [0, 0.05) is 12.6 Å². The normalized spacial score (nSPS) is 10.8. The van der Waals surface area contributed by atoms with E-state index in [9.17, 15) is 18.0 Å². The zero-order chi connectivity index (χ0) is 14.7. The number of benzene rings is 1. The van der Waals surface area contributed by atoms with Crippen LogP contribution in [-0.2, 0) is 6.42 Å². The van der Waals surface area contributed by atoms with E-state index in [1.54, 1.807) is 6.07 Å². The second-order valence-corrected chi connectivity index (χ2v) is 4.00. The summed E-state index contributed by atoms with van der Waals surface area (Å²) in [6, 6.07) is 5.56. The van der Waals surface area contributed by atoms with Gasteiger partial charge in [-0.3, -0.25) is 0 Å². The van der Waals surface area contributed by atoms with E-state index < -0.39 is 29.5 Å². The molecule has 7 heteroatoms. The molecule has 4 nitrogen and oxygen atoms in total. The van der Waals surface area contributed by atoms with Crippen LogP contribution in [0, 0.1) is 5.82 Å². The number of rotatable bonds is 4. The number of nitrogens with zero attached hydrogens (tertiary/aromatic N) is 2. The van der Waals surface area contributed by atoms with Crippen LogP contribution in [0.5, 0.6) is 0 Å². The largest absolute Gasteiger partial charge is 0.478 e. The Morgan fingerprint density at radius 3 is 2.70 bits per heavy atom. The van der Waals surface area contributed by atoms with E-state index in [2.05, 4.69) is 9.97 Å². The number of alkyl halides is 2. The lowest BCUT2D eigenvalue weighted by Crippen LogP contribution is -2.10. The first-order valence-electron chi connectivity index (χ1n) is 5.59. The SMILES string of the molecule is O=C(O)c1cnc(Cc2cccc(F)c2)nc1C(F)F. The second kappa shape index (κ2) is 5.68. The van der Waals surface area contributed by atoms with E-state index in [0.29, 0.717) is 5.56 Å². The van der Waals surface area contributed by atoms with Crippen molar-refractivity contribution >= 4 is 5.97 Å². The molecule has 0 bridgehead atoms. The molecule has 0 fully saturated rings. The zero-order valence-corrected chi connectivity index (χ0v) is 10.1. The molecule has 20 heavy (non-hydrogen) atoms. The standard InChI is InChI=1S/C13H9F3N2O2/c14-8-3-1-2-7(4-8)5-10-17-6-9(13(19)20)11(18-10)12(15)16/h1-4,6,12H,5H2,(H,19,20). The summed E-state index contributed by atoms with van der Waals surface area (Å²) < 4.78 is 38.5. The van der Waals surface area contributed by atoms with Crippen LogP contribution in [0.1, 0.15) is 33.9 Å². The molecule has 0 atom stereocenters. The molecular weight excluding hydrogens is 273 g/mol. The van der Waals surface area contributed by atoms with E-state index in [4.69, 9.17) is 5.11 Å². The van der Waals surface area contributed by atoms with Crippen LogP contribution < -0.4 is 0 Å². The summed E-state index contributed by atoms with van der Waals surface area (Å²) in [5.41, 5.74) is -0.963. The minimum Gasteiger partial charge on any atom is -0.478 e. The molecule has 1 aromatic heterocycles. The molecule has 0 amide bonds. The van der Waals surface area contributed by atoms with Gasteiger partial charge in [0.05, 0.1) is 0 Å². The molecule has 2 aromatic rings. The maximum absolute atomic E-state index is 13.0. The van der Waals surface area contributed by atoms with Gasteiger partial charge < -0.3 is 5.11 Å². The lowest BCUT2D eigenvalue weighted by Gasteiger charge is -2.06. The van der Waals surface area contributed by atoms with Crippen molar-refractivity contribution in [3.63, 3.8) is 0 Å². The molecule has 0 saturated carbocycles. The number of carbonyl (C=O) groups is 1. The van der Waals surface area contributed by atoms with E-state index in [1.165, 1.54) is 18.2 Å². The monoisotopic (exact) mass is 282 g/mol. The highest BCUT2D eigenvalue weighted by atomic mass is 19.3. The van der Waals surface area contributed by atoms with Crippen molar-refractivity contribution in [1.29, 1.82) is 0 Å². The van der Waals surface area contributed by atoms with Gasteiger partial charge in [0.15, 0.2) is 0 Å². The summed E-state index contributed by atoms with van der Waals surface area (Å²) in [5.74, 6) is -1.97. The first kappa shape index (κ1) is 14.0. The third kappa shape index (κ3) is 3.11. The Balaban J connectivity index is 2.34. The van der Waals surface area contributed by atoms with Crippen molar-refractivity contribution in [1.82, 2.24) is 9.97 Å². The van der Waals surface area contributed by atoms with Crippen molar-refractivity contribution in [3.05, 3.63) is 58.9 Å². The Hall–Kier alpha value is -2.44. The highest BCUT2D eigenvalue weighted by molar-refractivity contribution is 5.88. The van der Waals surface area contributed by atoms with Crippen LogP contribution >= 0.6 is 0 Å². The van der Waals surface area contributed by atoms with Crippen LogP contribution in [0.4, 0.5) is 13.2 Å². The summed E-state index contributed by atoms with van der Waals surface area (Å²) >= 11 is 0. The van der Waals surface area contributed by atoms with Crippen LogP contribution in [-0.4, -0.2) is 21.0 Å². The fraction of sp³-hybridized carbons (Fsp3) is 0.154. The zero-order valence-electron chi connectivity index (χ0n) is 10.1. The van der Waals surface area contributed by atoms with Gasteiger partial charge in [-0.15, -0.1) is 0 Å². The van der Waals surface area contributed by atoms with Crippen LogP contribution in [0.15, 0.2) is 30.5 Å².